The van der Waals surface area contributed by atoms with E-state index in [1.54, 1.807) is 0 Å². The number of hydrogen-bond acceptors (Lipinski definition) is 3. The first-order chi connectivity index (χ1) is 5.24. The molecule has 0 saturated heterocycles. The highest BCUT2D eigenvalue weighted by Crippen LogP contribution is 2.03. The van der Waals surface area contributed by atoms with Gasteiger partial charge in [-0.1, -0.05) is 12.2 Å². The van der Waals surface area contributed by atoms with E-state index in [1.807, 2.05) is 19.9 Å². The van der Waals surface area contributed by atoms with Gasteiger partial charge in [0, 0.05) is 6.54 Å². The second kappa shape index (κ2) is 3.53. The van der Waals surface area contributed by atoms with Crippen molar-refractivity contribution < 1.29 is 0 Å². The number of allylic oxidation sites excluding steroid dienone is 1. The van der Waals surface area contributed by atoms with Crippen LogP contribution >= 0.6 is 0 Å². The Hall–Kier alpha value is -0.830. The fourth-order valence-electron chi connectivity index (χ4n) is 1.10. The minimum absolute atomic E-state index is 0.270. The summed E-state index contributed by atoms with van der Waals surface area (Å²) in [6.45, 7) is 6.99. The van der Waals surface area contributed by atoms with Crippen LogP contribution in [0.4, 0.5) is 0 Å². The van der Waals surface area contributed by atoms with E-state index in [0.717, 1.165) is 12.4 Å². The van der Waals surface area contributed by atoms with Gasteiger partial charge in [0.05, 0.1) is 0 Å². The number of amidine groups is 1. The third-order valence-corrected chi connectivity index (χ3v) is 1.67. The van der Waals surface area contributed by atoms with Crippen molar-refractivity contribution in [3.63, 3.8) is 0 Å². The van der Waals surface area contributed by atoms with Crippen LogP contribution in [0.15, 0.2) is 17.1 Å². The monoisotopic (exact) mass is 153 g/mol. The zero-order valence-corrected chi connectivity index (χ0v) is 7.33. The van der Waals surface area contributed by atoms with Gasteiger partial charge >= 0.3 is 0 Å². The first-order valence-electron chi connectivity index (χ1n) is 3.93. The zero-order valence-electron chi connectivity index (χ0n) is 7.33. The van der Waals surface area contributed by atoms with Crippen molar-refractivity contribution in [3.8, 4) is 0 Å². The first kappa shape index (κ1) is 8.27. The van der Waals surface area contributed by atoms with E-state index in [4.69, 9.17) is 0 Å². The Kier molecular flexibility index (Phi) is 2.65. The smallest absolute Gasteiger partial charge is 0.118 e. The van der Waals surface area contributed by atoms with Gasteiger partial charge in [0.2, 0.25) is 0 Å². The van der Waals surface area contributed by atoms with E-state index in [0.29, 0.717) is 0 Å². The fourth-order valence-corrected chi connectivity index (χ4v) is 1.10. The summed E-state index contributed by atoms with van der Waals surface area (Å²) in [5.41, 5.74) is 3.17. The van der Waals surface area contributed by atoms with Crippen molar-refractivity contribution >= 4 is 5.84 Å². The van der Waals surface area contributed by atoms with Crippen molar-refractivity contribution in [1.82, 2.24) is 10.4 Å². The SMILES string of the molecule is CC=CCN1NC(C)=NC1C. The van der Waals surface area contributed by atoms with Gasteiger partial charge in [0.15, 0.2) is 0 Å². The van der Waals surface area contributed by atoms with Crippen LogP contribution in [-0.2, 0) is 0 Å². The molecule has 1 N–H and O–H groups in total. The molecule has 11 heavy (non-hydrogen) atoms. The van der Waals surface area contributed by atoms with Gasteiger partial charge in [-0.05, 0) is 20.8 Å². The van der Waals surface area contributed by atoms with Crippen LogP contribution in [0.5, 0.6) is 0 Å². The number of rotatable bonds is 2. The van der Waals surface area contributed by atoms with Crippen molar-refractivity contribution in [2.75, 3.05) is 6.54 Å². The van der Waals surface area contributed by atoms with Gasteiger partial charge in [0.1, 0.15) is 12.0 Å². The maximum absolute atomic E-state index is 4.32. The maximum atomic E-state index is 4.32. The number of hydrogen-bond donors (Lipinski definition) is 1. The van der Waals surface area contributed by atoms with Crippen molar-refractivity contribution in [1.29, 1.82) is 0 Å². The molecule has 3 heteroatoms. The van der Waals surface area contributed by atoms with Crippen LogP contribution in [0.2, 0.25) is 0 Å². The topological polar surface area (TPSA) is 27.6 Å². The summed E-state index contributed by atoms with van der Waals surface area (Å²) >= 11 is 0. The second-order valence-electron chi connectivity index (χ2n) is 2.68. The molecule has 1 atom stereocenters. The molecule has 0 spiro atoms. The normalized spacial score (nSPS) is 25.7. The van der Waals surface area contributed by atoms with Gasteiger partial charge < -0.3 is 5.43 Å². The van der Waals surface area contributed by atoms with E-state index < -0.39 is 0 Å². The molecule has 0 fully saturated rings. The number of nitrogens with zero attached hydrogens (tertiary/aromatic N) is 2. The summed E-state index contributed by atoms with van der Waals surface area (Å²) in [5.74, 6) is 1.00. The standard InChI is InChI=1S/C8H15N3/c1-4-5-6-11-8(3)9-7(2)10-11/h4-5,8H,6H2,1-3H3,(H,9,10). The predicted molar refractivity (Wildman–Crippen MR) is 47.2 cm³/mol. The zero-order chi connectivity index (χ0) is 8.27. The summed E-state index contributed by atoms with van der Waals surface area (Å²) in [5, 5.41) is 2.09. The summed E-state index contributed by atoms with van der Waals surface area (Å²) in [6.07, 6.45) is 4.42. The van der Waals surface area contributed by atoms with Gasteiger partial charge in [-0.15, -0.1) is 0 Å². The van der Waals surface area contributed by atoms with Crippen molar-refractivity contribution in [2.45, 2.75) is 26.9 Å². The lowest BCUT2D eigenvalue weighted by molar-refractivity contribution is 0.226. The molecule has 0 saturated carbocycles. The molecular formula is C8H15N3. The van der Waals surface area contributed by atoms with Crippen LogP contribution in [0.25, 0.3) is 0 Å². The molecule has 3 nitrogen and oxygen atoms in total. The van der Waals surface area contributed by atoms with E-state index >= 15 is 0 Å². The highest BCUT2D eigenvalue weighted by molar-refractivity contribution is 5.80. The van der Waals surface area contributed by atoms with Crippen LogP contribution in [0.1, 0.15) is 20.8 Å². The molecule has 1 heterocycles. The van der Waals surface area contributed by atoms with Crippen molar-refractivity contribution in [3.05, 3.63) is 12.2 Å². The molecule has 0 bridgehead atoms. The molecule has 1 unspecified atom stereocenters. The van der Waals surface area contributed by atoms with E-state index in [2.05, 4.69) is 28.4 Å². The Labute approximate surface area is 67.8 Å². The van der Waals surface area contributed by atoms with E-state index in [1.165, 1.54) is 0 Å². The fraction of sp³-hybridized carbons (Fsp3) is 0.625. The number of nitrogens with one attached hydrogen (secondary N) is 1. The first-order valence-corrected chi connectivity index (χ1v) is 3.93. The third kappa shape index (κ3) is 2.05. The predicted octanol–water partition coefficient (Wildman–Crippen LogP) is 1.15. The average Bonchev–Trinajstić information content (AvgIpc) is 2.26. The maximum Gasteiger partial charge on any atom is 0.118 e. The lowest BCUT2D eigenvalue weighted by Gasteiger charge is -2.17. The molecule has 0 aromatic heterocycles. The van der Waals surface area contributed by atoms with E-state index in [-0.39, 0.29) is 6.17 Å². The van der Waals surface area contributed by atoms with Crippen LogP contribution < -0.4 is 5.43 Å². The molecule has 0 aromatic rings. The molecule has 0 aliphatic carbocycles. The molecule has 1 rings (SSSR count). The van der Waals surface area contributed by atoms with Gasteiger partial charge in [-0.2, -0.15) is 5.01 Å². The lowest BCUT2D eigenvalue weighted by atomic mass is 10.4. The lowest BCUT2D eigenvalue weighted by Crippen LogP contribution is -2.39. The highest BCUT2D eigenvalue weighted by atomic mass is 15.6. The van der Waals surface area contributed by atoms with Gasteiger partial charge in [-0.25, -0.2) is 0 Å². The molecule has 0 radical (unpaired) electrons. The summed E-state index contributed by atoms with van der Waals surface area (Å²) < 4.78 is 0. The van der Waals surface area contributed by atoms with Crippen LogP contribution in [-0.4, -0.2) is 23.6 Å². The van der Waals surface area contributed by atoms with Gasteiger partial charge in [0.25, 0.3) is 0 Å². The van der Waals surface area contributed by atoms with E-state index in [9.17, 15) is 0 Å². The third-order valence-electron chi connectivity index (χ3n) is 1.67. The Morgan fingerprint density at radius 2 is 2.45 bits per heavy atom. The molecule has 1 aliphatic heterocycles. The summed E-state index contributed by atoms with van der Waals surface area (Å²) in [7, 11) is 0. The largest absolute Gasteiger partial charge is 0.305 e. The Morgan fingerprint density at radius 3 is 2.91 bits per heavy atom. The number of hydrazine groups is 1. The van der Waals surface area contributed by atoms with Crippen molar-refractivity contribution in [2.24, 2.45) is 4.99 Å². The minimum atomic E-state index is 0.270. The van der Waals surface area contributed by atoms with Crippen LogP contribution in [0, 0.1) is 0 Å². The molecule has 0 amide bonds. The quantitative estimate of drug-likeness (QED) is 0.602. The number of aliphatic imine (C=N–C) groups is 1. The molecule has 0 aromatic carbocycles. The molecular weight excluding hydrogens is 138 g/mol. The highest BCUT2D eigenvalue weighted by Gasteiger charge is 2.17. The minimum Gasteiger partial charge on any atom is -0.305 e. The Balaban J connectivity index is 2.40. The Bertz CT molecular complexity index is 184. The second-order valence-corrected chi connectivity index (χ2v) is 2.68. The molecule has 62 valence electrons. The summed E-state index contributed by atoms with van der Waals surface area (Å²) in [6, 6.07) is 0. The van der Waals surface area contributed by atoms with Gasteiger partial charge in [-0.3, -0.25) is 4.99 Å². The average molecular weight is 153 g/mol. The molecule has 1 aliphatic rings. The van der Waals surface area contributed by atoms with Crippen LogP contribution in [0.3, 0.4) is 0 Å². The Morgan fingerprint density at radius 1 is 1.73 bits per heavy atom. The summed E-state index contributed by atoms with van der Waals surface area (Å²) in [4.78, 5) is 4.32.